The maximum atomic E-state index is 13.2. The Bertz CT molecular complexity index is 1890. The molecule has 0 radical (unpaired) electrons. The minimum Gasteiger partial charge on any atom is -0.318 e. The fraction of sp³-hybridized carbons (Fsp3) is 0.355. The number of hydrogen-bond acceptors (Lipinski definition) is 7. The topological polar surface area (TPSA) is 122 Å². The largest absolute Gasteiger partial charge is 0.318 e. The number of hydrogen-bond donors (Lipinski definition) is 2. The van der Waals surface area contributed by atoms with Gasteiger partial charge < -0.3 is 4.57 Å². The first-order valence-corrected chi connectivity index (χ1v) is 18.1. The molecule has 5 rings (SSSR count). The lowest BCUT2D eigenvalue weighted by molar-refractivity contribution is 0.550. The Hall–Kier alpha value is -3.16. The minimum atomic E-state index is -3.77. The second kappa shape index (κ2) is 12.4. The molecule has 1 aromatic heterocycles. The van der Waals surface area contributed by atoms with Crippen LogP contribution in [0.2, 0.25) is 0 Å². The first-order chi connectivity index (χ1) is 20.4. The fourth-order valence-electron chi connectivity index (χ4n) is 4.90. The van der Waals surface area contributed by atoms with Crippen molar-refractivity contribution in [2.75, 3.05) is 13.1 Å². The Labute approximate surface area is 257 Å². The summed E-state index contributed by atoms with van der Waals surface area (Å²) in [5, 5.41) is 9.23. The summed E-state index contributed by atoms with van der Waals surface area (Å²) in [5.41, 5.74) is 4.12. The van der Waals surface area contributed by atoms with E-state index >= 15 is 0 Å². The zero-order valence-electron chi connectivity index (χ0n) is 25.0. The number of aryl methyl sites for hydroxylation is 1. The van der Waals surface area contributed by atoms with Crippen molar-refractivity contribution in [3.05, 3.63) is 76.6 Å². The van der Waals surface area contributed by atoms with Gasteiger partial charge in [-0.2, -0.15) is 0 Å². The van der Waals surface area contributed by atoms with Crippen LogP contribution in [0.5, 0.6) is 0 Å². The average Bonchev–Trinajstić information content (AvgIpc) is 3.44. The molecule has 43 heavy (non-hydrogen) atoms. The van der Waals surface area contributed by atoms with Gasteiger partial charge >= 0.3 is 0 Å². The SMILES string of the molecule is CC(C)CCNS(=O)(=O)c1ccc2c(c1)C(=N/N=c1/sc3ccccc3n1C)c1cc(S(=O)(=O)NCCC(C)C)ccc1-2. The number of nitrogens with zero attached hydrogens (tertiary/aromatic N) is 3. The Morgan fingerprint density at radius 1 is 0.721 bits per heavy atom. The minimum absolute atomic E-state index is 0.117. The zero-order valence-corrected chi connectivity index (χ0v) is 27.4. The van der Waals surface area contributed by atoms with Crippen molar-refractivity contribution >= 4 is 47.3 Å². The highest BCUT2D eigenvalue weighted by Crippen LogP contribution is 2.39. The summed E-state index contributed by atoms with van der Waals surface area (Å²) in [7, 11) is -5.63. The van der Waals surface area contributed by atoms with Gasteiger partial charge in [0.15, 0.2) is 0 Å². The second-order valence-corrected chi connectivity index (χ2v) is 16.1. The van der Waals surface area contributed by atoms with Crippen molar-refractivity contribution in [2.24, 2.45) is 29.1 Å². The molecular weight excluding hydrogens is 603 g/mol. The average molecular weight is 640 g/mol. The van der Waals surface area contributed by atoms with Crippen LogP contribution in [0.1, 0.15) is 51.7 Å². The Kier molecular flexibility index (Phi) is 9.05. The number of para-hydroxylation sites is 1. The summed E-state index contributed by atoms with van der Waals surface area (Å²) in [6.45, 7) is 8.83. The first kappa shape index (κ1) is 31.3. The maximum absolute atomic E-state index is 13.2. The van der Waals surface area contributed by atoms with Gasteiger partial charge in [-0.05, 0) is 72.2 Å². The van der Waals surface area contributed by atoms with Gasteiger partial charge in [0.05, 0.1) is 20.0 Å². The van der Waals surface area contributed by atoms with Gasteiger partial charge in [-0.15, -0.1) is 10.2 Å². The third kappa shape index (κ3) is 6.68. The number of aromatic nitrogens is 1. The van der Waals surface area contributed by atoms with E-state index in [-0.39, 0.29) is 9.79 Å². The summed E-state index contributed by atoms with van der Waals surface area (Å²) in [4.78, 5) is 0.888. The highest BCUT2D eigenvalue weighted by Gasteiger charge is 2.29. The van der Waals surface area contributed by atoms with Gasteiger partial charge in [-0.1, -0.05) is 63.3 Å². The van der Waals surface area contributed by atoms with Crippen LogP contribution in [0.15, 0.2) is 80.7 Å². The van der Waals surface area contributed by atoms with Crippen LogP contribution in [0.3, 0.4) is 0 Å². The molecule has 0 unspecified atom stereocenters. The number of fused-ring (bicyclic) bond motifs is 4. The van der Waals surface area contributed by atoms with E-state index in [1.54, 1.807) is 36.4 Å². The summed E-state index contributed by atoms with van der Waals surface area (Å²) in [6, 6.07) is 17.8. The van der Waals surface area contributed by atoms with Gasteiger partial charge in [0.25, 0.3) is 0 Å². The van der Waals surface area contributed by atoms with Crippen molar-refractivity contribution in [2.45, 2.75) is 50.3 Å². The van der Waals surface area contributed by atoms with Gasteiger partial charge in [0.1, 0.15) is 5.71 Å². The maximum Gasteiger partial charge on any atom is 0.240 e. The molecule has 0 aliphatic heterocycles. The molecule has 1 aliphatic carbocycles. The van der Waals surface area contributed by atoms with Gasteiger partial charge in [-0.25, -0.2) is 26.3 Å². The molecule has 0 bridgehead atoms. The summed E-state index contributed by atoms with van der Waals surface area (Å²) in [6.07, 6.45) is 1.44. The quantitative estimate of drug-likeness (QED) is 0.192. The van der Waals surface area contributed by atoms with E-state index in [0.29, 0.717) is 46.6 Å². The molecule has 0 fully saturated rings. The molecular formula is C31H37N5O4S3. The van der Waals surface area contributed by atoms with E-state index < -0.39 is 20.0 Å². The van der Waals surface area contributed by atoms with Crippen LogP contribution in [0.25, 0.3) is 21.3 Å². The standard InChI is InChI=1S/C31H37N5O4S3/c1-20(2)14-16-32-42(37,38)22-10-12-24-25-13-11-23(43(39,40)33-17-15-21(3)4)19-27(25)30(26(24)18-22)34-35-31-36(5)28-8-6-7-9-29(28)41-31/h6-13,18-21,32-33H,14-17H2,1-5H3/b35-31+. The highest BCUT2D eigenvalue weighted by molar-refractivity contribution is 7.89. The van der Waals surface area contributed by atoms with E-state index in [0.717, 1.165) is 34.2 Å². The van der Waals surface area contributed by atoms with Crippen LogP contribution < -0.4 is 14.2 Å². The molecule has 9 nitrogen and oxygen atoms in total. The van der Waals surface area contributed by atoms with Crippen molar-refractivity contribution in [1.82, 2.24) is 14.0 Å². The molecule has 4 aromatic rings. The number of rotatable bonds is 11. The van der Waals surface area contributed by atoms with Gasteiger partial charge in [-0.3, -0.25) is 0 Å². The van der Waals surface area contributed by atoms with E-state index in [1.165, 1.54) is 11.3 Å². The monoisotopic (exact) mass is 639 g/mol. The molecule has 3 aromatic carbocycles. The number of benzene rings is 3. The molecule has 12 heteroatoms. The molecule has 0 amide bonds. The van der Waals surface area contributed by atoms with Crippen molar-refractivity contribution in [3.8, 4) is 11.1 Å². The Balaban J connectivity index is 1.62. The predicted octanol–water partition coefficient (Wildman–Crippen LogP) is 5.22. The Morgan fingerprint density at radius 2 is 1.23 bits per heavy atom. The summed E-state index contributed by atoms with van der Waals surface area (Å²) < 4.78 is 61.1. The lowest BCUT2D eigenvalue weighted by atomic mass is 10.1. The summed E-state index contributed by atoms with van der Waals surface area (Å²) in [5.74, 6) is 0.719. The molecule has 0 spiro atoms. The van der Waals surface area contributed by atoms with Crippen molar-refractivity contribution in [3.63, 3.8) is 0 Å². The lowest BCUT2D eigenvalue weighted by Gasteiger charge is -2.10. The van der Waals surface area contributed by atoms with Crippen LogP contribution >= 0.6 is 11.3 Å². The fourth-order valence-corrected chi connectivity index (χ4v) is 8.01. The van der Waals surface area contributed by atoms with E-state index in [2.05, 4.69) is 19.6 Å². The number of nitrogens with one attached hydrogen (secondary N) is 2. The molecule has 1 heterocycles. The molecule has 2 N–H and O–H groups in total. The number of thiazole rings is 1. The first-order valence-electron chi connectivity index (χ1n) is 14.3. The van der Waals surface area contributed by atoms with E-state index in [4.69, 9.17) is 0 Å². The third-order valence-electron chi connectivity index (χ3n) is 7.38. The lowest BCUT2D eigenvalue weighted by Crippen LogP contribution is -2.26. The van der Waals surface area contributed by atoms with Gasteiger partial charge in [0, 0.05) is 31.3 Å². The normalized spacial score (nSPS) is 13.7. The van der Waals surface area contributed by atoms with E-state index in [1.807, 2.05) is 63.6 Å². The molecule has 0 atom stereocenters. The number of sulfonamides is 2. The van der Waals surface area contributed by atoms with E-state index in [9.17, 15) is 16.8 Å². The third-order valence-corrected chi connectivity index (χ3v) is 11.4. The molecule has 228 valence electrons. The summed E-state index contributed by atoms with van der Waals surface area (Å²) >= 11 is 1.48. The van der Waals surface area contributed by atoms with Gasteiger partial charge in [0.2, 0.25) is 24.8 Å². The second-order valence-electron chi connectivity index (χ2n) is 11.5. The van der Waals surface area contributed by atoms with Crippen LogP contribution in [-0.2, 0) is 27.1 Å². The van der Waals surface area contributed by atoms with Crippen LogP contribution in [-0.4, -0.2) is 40.2 Å². The Morgan fingerprint density at radius 3 is 1.72 bits per heavy atom. The molecule has 0 saturated heterocycles. The highest BCUT2D eigenvalue weighted by atomic mass is 32.2. The smallest absolute Gasteiger partial charge is 0.240 e. The van der Waals surface area contributed by atoms with Crippen molar-refractivity contribution < 1.29 is 16.8 Å². The van der Waals surface area contributed by atoms with Crippen molar-refractivity contribution in [1.29, 1.82) is 0 Å². The van der Waals surface area contributed by atoms with Crippen LogP contribution in [0.4, 0.5) is 0 Å². The zero-order chi connectivity index (χ0) is 30.9. The molecule has 1 aliphatic rings. The molecule has 0 saturated carbocycles. The predicted molar refractivity (Wildman–Crippen MR) is 173 cm³/mol. The van der Waals surface area contributed by atoms with Crippen LogP contribution in [0, 0.1) is 11.8 Å².